The van der Waals surface area contributed by atoms with E-state index < -0.39 is 0 Å². The summed E-state index contributed by atoms with van der Waals surface area (Å²) in [4.78, 5) is 10.7. The normalized spacial score (nSPS) is 24.3. The van der Waals surface area contributed by atoms with Crippen LogP contribution in [0.1, 0.15) is 31.9 Å². The molecule has 0 aromatic heterocycles. The van der Waals surface area contributed by atoms with Gasteiger partial charge in [0.1, 0.15) is 0 Å². The molecule has 1 aromatic rings. The molecule has 0 bridgehead atoms. The number of benzene rings is 1. The van der Waals surface area contributed by atoms with Gasteiger partial charge < -0.3 is 10.1 Å². The summed E-state index contributed by atoms with van der Waals surface area (Å²) >= 11 is 0. The second-order valence-corrected chi connectivity index (χ2v) is 5.07. The summed E-state index contributed by atoms with van der Waals surface area (Å²) in [7, 11) is 0. The van der Waals surface area contributed by atoms with Crippen LogP contribution < -0.4 is 5.32 Å². The number of hydrogen-bond donors (Lipinski definition) is 1. The monoisotopic (exact) mass is 264 g/mol. The molecule has 1 fully saturated rings. The van der Waals surface area contributed by atoms with Gasteiger partial charge in [-0.2, -0.15) is 0 Å². The van der Waals surface area contributed by atoms with Gasteiger partial charge in [-0.15, -0.1) is 0 Å². The van der Waals surface area contributed by atoms with Crippen LogP contribution in [0.15, 0.2) is 24.3 Å². The first-order valence-electron chi connectivity index (χ1n) is 6.68. The highest BCUT2D eigenvalue weighted by molar-refractivity contribution is 5.41. The number of hydrogen-bond acceptors (Lipinski definition) is 4. The summed E-state index contributed by atoms with van der Waals surface area (Å²) in [6, 6.07) is 6.86. The van der Waals surface area contributed by atoms with E-state index >= 15 is 0 Å². The average molecular weight is 264 g/mol. The maximum atomic E-state index is 11.0. The van der Waals surface area contributed by atoms with E-state index in [0.717, 1.165) is 25.1 Å². The fourth-order valence-electron chi connectivity index (χ4n) is 2.50. The van der Waals surface area contributed by atoms with E-state index in [1.54, 1.807) is 12.1 Å². The standard InChI is InChI=1S/C14H20N2O3/c1-10(15-9-12-7-8-19-11(12)2)13-5-3-4-6-14(13)16(17)18/h3-6,10-12,15H,7-9H2,1-2H3. The number of nitro benzene ring substituents is 1. The van der Waals surface area contributed by atoms with Gasteiger partial charge >= 0.3 is 0 Å². The third kappa shape index (κ3) is 3.30. The fourth-order valence-corrected chi connectivity index (χ4v) is 2.50. The quantitative estimate of drug-likeness (QED) is 0.656. The van der Waals surface area contributed by atoms with Gasteiger partial charge in [-0.25, -0.2) is 0 Å². The van der Waals surface area contributed by atoms with Gasteiger partial charge in [0.15, 0.2) is 0 Å². The second kappa shape index (κ2) is 6.12. The van der Waals surface area contributed by atoms with Crippen molar-refractivity contribution in [3.05, 3.63) is 39.9 Å². The number of nitrogens with one attached hydrogen (secondary N) is 1. The lowest BCUT2D eigenvalue weighted by atomic mass is 10.0. The van der Waals surface area contributed by atoms with E-state index in [2.05, 4.69) is 12.2 Å². The molecule has 1 N–H and O–H groups in total. The predicted octanol–water partition coefficient (Wildman–Crippen LogP) is 2.67. The molecule has 0 saturated carbocycles. The zero-order valence-corrected chi connectivity index (χ0v) is 11.3. The van der Waals surface area contributed by atoms with Crippen LogP contribution in [0.2, 0.25) is 0 Å². The summed E-state index contributed by atoms with van der Waals surface area (Å²) < 4.78 is 5.52. The molecule has 1 aliphatic heterocycles. The van der Waals surface area contributed by atoms with Crippen molar-refractivity contribution in [3.8, 4) is 0 Å². The first-order valence-corrected chi connectivity index (χ1v) is 6.68. The predicted molar refractivity (Wildman–Crippen MR) is 73.0 cm³/mol. The van der Waals surface area contributed by atoms with Crippen molar-refractivity contribution >= 4 is 5.69 Å². The van der Waals surface area contributed by atoms with Gasteiger partial charge in [0.25, 0.3) is 5.69 Å². The van der Waals surface area contributed by atoms with Crippen LogP contribution in [0.5, 0.6) is 0 Å². The number of rotatable bonds is 5. The average Bonchev–Trinajstić information content (AvgIpc) is 2.81. The Labute approximate surface area is 113 Å². The molecule has 3 unspecified atom stereocenters. The van der Waals surface area contributed by atoms with Crippen molar-refractivity contribution in [2.24, 2.45) is 5.92 Å². The highest BCUT2D eigenvalue weighted by Crippen LogP contribution is 2.25. The van der Waals surface area contributed by atoms with E-state index in [1.165, 1.54) is 0 Å². The minimum absolute atomic E-state index is 0.0330. The van der Waals surface area contributed by atoms with Gasteiger partial charge in [0.2, 0.25) is 0 Å². The first-order chi connectivity index (χ1) is 9.09. The summed E-state index contributed by atoms with van der Waals surface area (Å²) in [6.45, 7) is 5.68. The van der Waals surface area contributed by atoms with Crippen LogP contribution in [-0.4, -0.2) is 24.2 Å². The molecule has 5 nitrogen and oxygen atoms in total. The van der Waals surface area contributed by atoms with Gasteiger partial charge in [0.05, 0.1) is 11.0 Å². The topological polar surface area (TPSA) is 64.4 Å². The second-order valence-electron chi connectivity index (χ2n) is 5.07. The maximum absolute atomic E-state index is 11.0. The number of nitro groups is 1. The van der Waals surface area contributed by atoms with Crippen molar-refractivity contribution in [1.82, 2.24) is 5.32 Å². The number of para-hydroxylation sites is 1. The zero-order valence-electron chi connectivity index (χ0n) is 11.3. The largest absolute Gasteiger partial charge is 0.378 e. The molecule has 0 radical (unpaired) electrons. The summed E-state index contributed by atoms with van der Waals surface area (Å²) in [6.07, 6.45) is 1.32. The Morgan fingerprint density at radius 2 is 2.26 bits per heavy atom. The van der Waals surface area contributed by atoms with Gasteiger partial charge in [-0.1, -0.05) is 18.2 Å². The summed E-state index contributed by atoms with van der Waals surface area (Å²) in [5.74, 6) is 0.491. The van der Waals surface area contributed by atoms with Crippen LogP contribution in [0, 0.1) is 16.0 Å². The molecule has 1 saturated heterocycles. The molecule has 19 heavy (non-hydrogen) atoms. The lowest BCUT2D eigenvalue weighted by Crippen LogP contribution is -2.29. The van der Waals surface area contributed by atoms with Crippen LogP contribution in [-0.2, 0) is 4.74 Å². The van der Waals surface area contributed by atoms with Crippen molar-refractivity contribution in [1.29, 1.82) is 0 Å². The molecule has 5 heteroatoms. The molecule has 0 amide bonds. The maximum Gasteiger partial charge on any atom is 0.274 e. The van der Waals surface area contributed by atoms with Crippen LogP contribution in [0.3, 0.4) is 0 Å². The van der Waals surface area contributed by atoms with Gasteiger partial charge in [-0.3, -0.25) is 10.1 Å². The van der Waals surface area contributed by atoms with E-state index in [0.29, 0.717) is 5.92 Å². The Morgan fingerprint density at radius 3 is 2.89 bits per heavy atom. The number of nitrogens with zero attached hydrogens (tertiary/aromatic N) is 1. The fraction of sp³-hybridized carbons (Fsp3) is 0.571. The molecule has 2 rings (SSSR count). The molecule has 3 atom stereocenters. The highest BCUT2D eigenvalue weighted by Gasteiger charge is 2.25. The minimum Gasteiger partial charge on any atom is -0.378 e. The highest BCUT2D eigenvalue weighted by atomic mass is 16.6. The Kier molecular flexibility index (Phi) is 4.50. The Morgan fingerprint density at radius 1 is 1.53 bits per heavy atom. The Balaban J connectivity index is 1.99. The molecule has 104 valence electrons. The molecule has 1 aliphatic rings. The van der Waals surface area contributed by atoms with Gasteiger partial charge in [-0.05, 0) is 26.2 Å². The number of ether oxygens (including phenoxy) is 1. The molecule has 0 aliphatic carbocycles. The van der Waals surface area contributed by atoms with Gasteiger partial charge in [0, 0.05) is 30.8 Å². The van der Waals surface area contributed by atoms with Crippen LogP contribution in [0.25, 0.3) is 0 Å². The zero-order chi connectivity index (χ0) is 13.8. The van der Waals surface area contributed by atoms with E-state index in [9.17, 15) is 10.1 Å². The van der Waals surface area contributed by atoms with Crippen LogP contribution in [0.4, 0.5) is 5.69 Å². The smallest absolute Gasteiger partial charge is 0.274 e. The lowest BCUT2D eigenvalue weighted by Gasteiger charge is -2.19. The Hall–Kier alpha value is -1.46. The van der Waals surface area contributed by atoms with Crippen molar-refractivity contribution < 1.29 is 9.66 Å². The third-order valence-corrected chi connectivity index (χ3v) is 3.82. The van der Waals surface area contributed by atoms with Crippen molar-refractivity contribution in [2.75, 3.05) is 13.2 Å². The molecule has 1 aromatic carbocycles. The van der Waals surface area contributed by atoms with Crippen LogP contribution >= 0.6 is 0 Å². The first kappa shape index (κ1) is 14.0. The molecule has 1 heterocycles. The summed E-state index contributed by atoms with van der Waals surface area (Å²) in [5, 5.41) is 14.4. The molecule has 0 spiro atoms. The molecular formula is C14H20N2O3. The third-order valence-electron chi connectivity index (χ3n) is 3.82. The van der Waals surface area contributed by atoms with Crippen molar-refractivity contribution in [3.63, 3.8) is 0 Å². The van der Waals surface area contributed by atoms with E-state index in [4.69, 9.17) is 4.74 Å². The van der Waals surface area contributed by atoms with Crippen molar-refractivity contribution in [2.45, 2.75) is 32.4 Å². The lowest BCUT2D eigenvalue weighted by molar-refractivity contribution is -0.385. The molecular weight excluding hydrogens is 244 g/mol. The Bertz CT molecular complexity index is 450. The minimum atomic E-state index is -0.325. The summed E-state index contributed by atoms with van der Waals surface area (Å²) in [5.41, 5.74) is 0.914. The van der Waals surface area contributed by atoms with E-state index in [-0.39, 0.29) is 22.8 Å². The SMILES string of the molecule is CC(NCC1CCOC1C)c1ccccc1[N+](=O)[O-]. The van der Waals surface area contributed by atoms with E-state index in [1.807, 2.05) is 19.1 Å².